The number of anilines is 1. The van der Waals surface area contributed by atoms with E-state index < -0.39 is 24.5 Å². The van der Waals surface area contributed by atoms with E-state index in [1.807, 2.05) is 0 Å². The van der Waals surface area contributed by atoms with Crippen LogP contribution >= 0.6 is 0 Å². The average molecular weight is 325 g/mol. The zero-order valence-electron chi connectivity index (χ0n) is 12.5. The largest absolute Gasteiger partial charge is 0.473 e. The third-order valence-electron chi connectivity index (χ3n) is 3.56. The molecule has 4 atom stereocenters. The fraction of sp³-hybridized carbons (Fsp3) is 0.615. The molecule has 0 radical (unpaired) electrons. The Bertz CT molecular complexity index is 691. The summed E-state index contributed by atoms with van der Waals surface area (Å²) in [4.78, 5) is 12.3. The lowest BCUT2D eigenvalue weighted by molar-refractivity contribution is -0.0432. The van der Waals surface area contributed by atoms with Crippen LogP contribution in [0, 0.1) is 0 Å². The SMILES string of the molecule is CC(O)COc1nc(N)nc2c1ncn2C1CC(O)C(CO)O1. The molecule has 2 aromatic heterocycles. The van der Waals surface area contributed by atoms with E-state index in [-0.39, 0.29) is 25.0 Å². The summed E-state index contributed by atoms with van der Waals surface area (Å²) in [5.41, 5.74) is 6.48. The second-order valence-electron chi connectivity index (χ2n) is 5.49. The smallest absolute Gasteiger partial charge is 0.247 e. The normalized spacial score (nSPS) is 25.8. The van der Waals surface area contributed by atoms with Gasteiger partial charge >= 0.3 is 0 Å². The first kappa shape index (κ1) is 15.9. The van der Waals surface area contributed by atoms with Crippen molar-refractivity contribution >= 4 is 17.1 Å². The topological polar surface area (TPSA) is 149 Å². The lowest BCUT2D eigenvalue weighted by Gasteiger charge is -2.14. The number of ether oxygens (including phenoxy) is 2. The van der Waals surface area contributed by atoms with Crippen LogP contribution in [-0.2, 0) is 4.74 Å². The summed E-state index contributed by atoms with van der Waals surface area (Å²) in [6, 6.07) is 0. The van der Waals surface area contributed by atoms with Crippen molar-refractivity contribution < 1.29 is 24.8 Å². The van der Waals surface area contributed by atoms with E-state index in [9.17, 15) is 15.3 Å². The van der Waals surface area contributed by atoms with Gasteiger partial charge in [-0.2, -0.15) is 9.97 Å². The van der Waals surface area contributed by atoms with E-state index in [2.05, 4.69) is 15.0 Å². The molecule has 23 heavy (non-hydrogen) atoms. The van der Waals surface area contributed by atoms with Gasteiger partial charge in [0.1, 0.15) is 18.9 Å². The van der Waals surface area contributed by atoms with Crippen molar-refractivity contribution in [3.8, 4) is 5.88 Å². The van der Waals surface area contributed by atoms with Crippen LogP contribution < -0.4 is 10.5 Å². The second kappa shape index (κ2) is 6.24. The second-order valence-corrected chi connectivity index (χ2v) is 5.49. The fourth-order valence-corrected chi connectivity index (χ4v) is 2.47. The summed E-state index contributed by atoms with van der Waals surface area (Å²) in [5.74, 6) is 0.168. The molecule has 0 aromatic carbocycles. The number of nitrogens with zero attached hydrogens (tertiary/aromatic N) is 4. The predicted molar refractivity (Wildman–Crippen MR) is 78.5 cm³/mol. The van der Waals surface area contributed by atoms with Gasteiger partial charge in [0.25, 0.3) is 0 Å². The number of nitrogens with two attached hydrogens (primary N) is 1. The number of hydrogen-bond acceptors (Lipinski definition) is 9. The monoisotopic (exact) mass is 325 g/mol. The van der Waals surface area contributed by atoms with E-state index in [1.54, 1.807) is 11.5 Å². The van der Waals surface area contributed by atoms with Gasteiger partial charge in [0.05, 0.1) is 25.1 Å². The first-order valence-corrected chi connectivity index (χ1v) is 7.25. The van der Waals surface area contributed by atoms with Gasteiger partial charge in [-0.25, -0.2) is 4.98 Å². The number of rotatable bonds is 5. The molecular formula is C13H19N5O5. The highest BCUT2D eigenvalue weighted by Gasteiger charge is 2.35. The summed E-state index contributed by atoms with van der Waals surface area (Å²) >= 11 is 0. The molecule has 126 valence electrons. The summed E-state index contributed by atoms with van der Waals surface area (Å²) in [7, 11) is 0. The van der Waals surface area contributed by atoms with Gasteiger partial charge in [-0.15, -0.1) is 0 Å². The van der Waals surface area contributed by atoms with Crippen molar-refractivity contribution in [3.05, 3.63) is 6.33 Å². The van der Waals surface area contributed by atoms with Crippen LogP contribution in [0.2, 0.25) is 0 Å². The van der Waals surface area contributed by atoms with E-state index in [0.717, 1.165) is 0 Å². The Morgan fingerprint density at radius 1 is 1.52 bits per heavy atom. The molecule has 1 saturated heterocycles. The maximum Gasteiger partial charge on any atom is 0.247 e. The van der Waals surface area contributed by atoms with Gasteiger partial charge in [-0.1, -0.05) is 0 Å². The van der Waals surface area contributed by atoms with Crippen molar-refractivity contribution in [1.82, 2.24) is 19.5 Å². The third kappa shape index (κ3) is 3.06. The summed E-state index contributed by atoms with van der Waals surface area (Å²) < 4.78 is 12.6. The summed E-state index contributed by atoms with van der Waals surface area (Å²) in [6.45, 7) is 1.36. The third-order valence-corrected chi connectivity index (χ3v) is 3.56. The van der Waals surface area contributed by atoms with E-state index in [1.165, 1.54) is 6.33 Å². The molecule has 0 saturated carbocycles. The number of fused-ring (bicyclic) bond motifs is 1. The molecule has 4 unspecified atom stereocenters. The van der Waals surface area contributed by atoms with Gasteiger partial charge < -0.3 is 30.5 Å². The van der Waals surface area contributed by atoms with Gasteiger partial charge in [-0.05, 0) is 6.92 Å². The molecule has 0 bridgehead atoms. The lowest BCUT2D eigenvalue weighted by atomic mass is 10.2. The molecule has 10 heteroatoms. The summed E-state index contributed by atoms with van der Waals surface area (Å²) in [6.07, 6.45) is -0.821. The maximum atomic E-state index is 9.86. The van der Waals surface area contributed by atoms with Crippen LogP contribution in [0.4, 0.5) is 5.95 Å². The van der Waals surface area contributed by atoms with Gasteiger partial charge in [0.2, 0.25) is 11.8 Å². The highest BCUT2D eigenvalue weighted by Crippen LogP contribution is 2.32. The maximum absolute atomic E-state index is 9.86. The van der Waals surface area contributed by atoms with Crippen LogP contribution in [0.3, 0.4) is 0 Å². The van der Waals surface area contributed by atoms with Gasteiger partial charge in [-0.3, -0.25) is 4.57 Å². The standard InChI is InChI=1S/C13H19N5O5/c1-6(20)4-22-12-10-11(16-13(14)17-12)18(5-15-10)9-2-7(21)8(3-19)23-9/h5-9,19-21H,2-4H2,1H3,(H2,14,16,17). The van der Waals surface area contributed by atoms with Crippen LogP contribution in [0.15, 0.2) is 6.33 Å². The average Bonchev–Trinajstić information content (AvgIpc) is 3.07. The minimum atomic E-state index is -0.771. The first-order valence-electron chi connectivity index (χ1n) is 7.25. The molecule has 2 aromatic rings. The van der Waals surface area contributed by atoms with Crippen molar-refractivity contribution in [1.29, 1.82) is 0 Å². The molecule has 0 aliphatic carbocycles. The number of aliphatic hydroxyl groups excluding tert-OH is 3. The zero-order valence-corrected chi connectivity index (χ0v) is 12.5. The predicted octanol–water partition coefficient (Wildman–Crippen LogP) is -1.19. The quantitative estimate of drug-likeness (QED) is 0.532. The van der Waals surface area contributed by atoms with Crippen LogP contribution in [0.1, 0.15) is 19.6 Å². The van der Waals surface area contributed by atoms with E-state index in [4.69, 9.17) is 15.2 Å². The van der Waals surface area contributed by atoms with Crippen molar-refractivity contribution in [2.24, 2.45) is 0 Å². The Balaban J connectivity index is 1.94. The van der Waals surface area contributed by atoms with Crippen LogP contribution in [-0.4, -0.2) is 66.4 Å². The Morgan fingerprint density at radius 3 is 2.96 bits per heavy atom. The zero-order chi connectivity index (χ0) is 16.6. The number of aliphatic hydroxyl groups is 3. The molecule has 5 N–H and O–H groups in total. The molecule has 0 spiro atoms. The number of aromatic nitrogens is 4. The Kier molecular flexibility index (Phi) is 4.31. The highest BCUT2D eigenvalue weighted by molar-refractivity contribution is 5.77. The van der Waals surface area contributed by atoms with Crippen LogP contribution in [0.25, 0.3) is 11.2 Å². The molecule has 1 aliphatic rings. The Labute approximate surface area is 131 Å². The van der Waals surface area contributed by atoms with Crippen molar-refractivity contribution in [2.45, 2.75) is 37.9 Å². The molecule has 3 rings (SSSR count). The fourth-order valence-electron chi connectivity index (χ4n) is 2.47. The number of nitrogen functional groups attached to an aromatic ring is 1. The van der Waals surface area contributed by atoms with E-state index in [0.29, 0.717) is 17.6 Å². The number of imidazole rings is 1. The lowest BCUT2D eigenvalue weighted by Crippen LogP contribution is -2.24. The Morgan fingerprint density at radius 2 is 2.30 bits per heavy atom. The molecule has 10 nitrogen and oxygen atoms in total. The molecular weight excluding hydrogens is 306 g/mol. The summed E-state index contributed by atoms with van der Waals surface area (Å²) in [5, 5.41) is 28.4. The highest BCUT2D eigenvalue weighted by atomic mass is 16.5. The Hall–Kier alpha value is -2.01. The van der Waals surface area contributed by atoms with Crippen molar-refractivity contribution in [2.75, 3.05) is 18.9 Å². The molecule has 1 aliphatic heterocycles. The van der Waals surface area contributed by atoms with Crippen molar-refractivity contribution in [3.63, 3.8) is 0 Å². The minimum Gasteiger partial charge on any atom is -0.473 e. The molecule has 1 fully saturated rings. The van der Waals surface area contributed by atoms with Gasteiger partial charge in [0.15, 0.2) is 11.2 Å². The van der Waals surface area contributed by atoms with Gasteiger partial charge in [0, 0.05) is 6.42 Å². The molecule has 0 amide bonds. The minimum absolute atomic E-state index is 0.00269. The first-order chi connectivity index (χ1) is 11.0. The number of hydrogen-bond donors (Lipinski definition) is 4. The molecule has 3 heterocycles. The van der Waals surface area contributed by atoms with E-state index >= 15 is 0 Å². The van der Waals surface area contributed by atoms with Crippen LogP contribution in [0.5, 0.6) is 5.88 Å².